The average molecular weight is 401 g/mol. The van der Waals surface area contributed by atoms with Crippen molar-refractivity contribution in [3.8, 4) is 5.75 Å². The second-order valence-electron chi connectivity index (χ2n) is 7.43. The van der Waals surface area contributed by atoms with Gasteiger partial charge in [0.2, 0.25) is 0 Å². The molecule has 0 bridgehead atoms. The molecule has 156 valence electrons. The van der Waals surface area contributed by atoms with Crippen molar-refractivity contribution in [3.63, 3.8) is 0 Å². The highest BCUT2D eigenvalue weighted by Gasteiger charge is 2.30. The van der Waals surface area contributed by atoms with E-state index in [4.69, 9.17) is 15.2 Å². The predicted molar refractivity (Wildman–Crippen MR) is 108 cm³/mol. The number of carbonyl (C=O) groups excluding carboxylic acids is 2. The molecule has 0 aromatic heterocycles. The average Bonchev–Trinajstić information content (AvgIpc) is 2.69. The fraction of sp³-hybridized carbons (Fsp3) is 0.333. The van der Waals surface area contributed by atoms with Crippen molar-refractivity contribution >= 4 is 17.5 Å². The Labute approximate surface area is 170 Å². The maximum Gasteiger partial charge on any atom is 0.272 e. The molecule has 0 aliphatic rings. The standard InChI is InChI=1S/C21H27N3O5/c1-6-16-17(8-7-9-18(16)29-5)19(25)22-23(21(2,3)4)20(26)14-10-12-15(13-11-14)24(27)28/h7-13,27-28H,6H2,1-5H3,(H,22,25). The van der Waals surface area contributed by atoms with E-state index in [2.05, 4.69) is 5.43 Å². The highest BCUT2D eigenvalue weighted by molar-refractivity contribution is 6.00. The SMILES string of the molecule is CCc1c(OC)cccc1C(=O)NN(C(=O)c1ccc(N(O)O)cc1)C(C)(C)C. The number of hydrogen-bond donors (Lipinski definition) is 3. The lowest BCUT2D eigenvalue weighted by Crippen LogP contribution is -2.56. The van der Waals surface area contributed by atoms with Crippen molar-refractivity contribution in [1.29, 1.82) is 0 Å². The number of nitrogens with one attached hydrogen (secondary N) is 1. The minimum atomic E-state index is -0.712. The molecule has 0 aliphatic heterocycles. The van der Waals surface area contributed by atoms with E-state index in [1.807, 2.05) is 6.92 Å². The minimum absolute atomic E-state index is 0.0351. The molecule has 2 amide bonds. The molecule has 3 N–H and O–H groups in total. The van der Waals surface area contributed by atoms with Crippen molar-refractivity contribution in [2.75, 3.05) is 12.3 Å². The molecular weight excluding hydrogens is 374 g/mol. The van der Waals surface area contributed by atoms with Crippen molar-refractivity contribution in [2.45, 2.75) is 39.7 Å². The molecule has 0 unspecified atom stereocenters. The van der Waals surface area contributed by atoms with Gasteiger partial charge < -0.3 is 4.74 Å². The Hall–Kier alpha value is -3.10. The molecule has 0 saturated carbocycles. The molecule has 0 radical (unpaired) electrons. The van der Waals surface area contributed by atoms with E-state index in [0.717, 1.165) is 5.56 Å². The van der Waals surface area contributed by atoms with E-state index in [0.29, 0.717) is 17.7 Å². The molecule has 2 rings (SSSR count). The monoisotopic (exact) mass is 401 g/mol. The van der Waals surface area contributed by atoms with Gasteiger partial charge in [0, 0.05) is 16.7 Å². The number of hydrogen-bond acceptors (Lipinski definition) is 6. The minimum Gasteiger partial charge on any atom is -0.496 e. The second kappa shape index (κ2) is 8.93. The number of benzene rings is 2. The normalized spacial score (nSPS) is 11.0. The summed E-state index contributed by atoms with van der Waals surface area (Å²) < 4.78 is 5.34. The van der Waals surface area contributed by atoms with Crippen LogP contribution in [0.25, 0.3) is 0 Å². The van der Waals surface area contributed by atoms with E-state index in [1.54, 1.807) is 46.1 Å². The first-order chi connectivity index (χ1) is 13.6. The maximum atomic E-state index is 13.1. The molecule has 0 spiro atoms. The van der Waals surface area contributed by atoms with Crippen molar-refractivity contribution in [3.05, 3.63) is 59.2 Å². The first kappa shape index (κ1) is 22.2. The Morgan fingerprint density at radius 3 is 2.17 bits per heavy atom. The van der Waals surface area contributed by atoms with Crippen molar-refractivity contribution in [2.24, 2.45) is 0 Å². The number of amides is 2. The topological polar surface area (TPSA) is 102 Å². The third kappa shape index (κ3) is 5.04. The zero-order valence-electron chi connectivity index (χ0n) is 17.3. The number of hydrazine groups is 1. The third-order valence-electron chi connectivity index (χ3n) is 4.38. The molecule has 0 atom stereocenters. The van der Waals surface area contributed by atoms with E-state index < -0.39 is 17.4 Å². The van der Waals surface area contributed by atoms with Crippen LogP contribution in [-0.4, -0.2) is 39.9 Å². The Balaban J connectivity index is 2.35. The predicted octanol–water partition coefficient (Wildman–Crippen LogP) is 3.43. The lowest BCUT2D eigenvalue weighted by atomic mass is 10.0. The summed E-state index contributed by atoms with van der Waals surface area (Å²) in [6.07, 6.45) is 0.594. The van der Waals surface area contributed by atoms with Gasteiger partial charge in [-0.05, 0) is 63.6 Å². The van der Waals surface area contributed by atoms with Gasteiger partial charge in [0.25, 0.3) is 11.8 Å². The van der Waals surface area contributed by atoms with Gasteiger partial charge in [-0.3, -0.25) is 25.4 Å². The van der Waals surface area contributed by atoms with Gasteiger partial charge in [0.15, 0.2) is 0 Å². The molecule has 2 aromatic rings. The van der Waals surface area contributed by atoms with Crippen LogP contribution < -0.4 is 15.4 Å². The second-order valence-corrected chi connectivity index (χ2v) is 7.43. The van der Waals surface area contributed by atoms with Crippen LogP contribution in [0.3, 0.4) is 0 Å². The number of ether oxygens (including phenoxy) is 1. The van der Waals surface area contributed by atoms with E-state index >= 15 is 0 Å². The van der Waals surface area contributed by atoms with Gasteiger partial charge in [-0.1, -0.05) is 13.0 Å². The van der Waals surface area contributed by atoms with Crippen LogP contribution in [0.2, 0.25) is 0 Å². The molecule has 8 heteroatoms. The summed E-state index contributed by atoms with van der Waals surface area (Å²) in [6, 6.07) is 10.9. The highest BCUT2D eigenvalue weighted by atomic mass is 16.8. The Morgan fingerprint density at radius 2 is 1.69 bits per heavy atom. The number of rotatable bonds is 5. The molecule has 0 aliphatic carbocycles. The van der Waals surface area contributed by atoms with E-state index in [-0.39, 0.29) is 16.5 Å². The fourth-order valence-electron chi connectivity index (χ4n) is 2.89. The van der Waals surface area contributed by atoms with Gasteiger partial charge in [-0.2, -0.15) is 0 Å². The lowest BCUT2D eigenvalue weighted by Gasteiger charge is -2.35. The lowest BCUT2D eigenvalue weighted by molar-refractivity contribution is 0.0289. The van der Waals surface area contributed by atoms with Gasteiger partial charge in [0.05, 0.1) is 18.3 Å². The molecule has 8 nitrogen and oxygen atoms in total. The van der Waals surface area contributed by atoms with Crippen LogP contribution in [0.1, 0.15) is 54.0 Å². The molecule has 0 fully saturated rings. The van der Waals surface area contributed by atoms with Crippen LogP contribution in [0, 0.1) is 0 Å². The van der Waals surface area contributed by atoms with Gasteiger partial charge >= 0.3 is 0 Å². The smallest absolute Gasteiger partial charge is 0.272 e. The van der Waals surface area contributed by atoms with E-state index in [9.17, 15) is 9.59 Å². The van der Waals surface area contributed by atoms with Gasteiger partial charge in [-0.25, -0.2) is 5.01 Å². The third-order valence-corrected chi connectivity index (χ3v) is 4.38. The zero-order valence-corrected chi connectivity index (χ0v) is 17.3. The largest absolute Gasteiger partial charge is 0.496 e. The Kier molecular flexibility index (Phi) is 6.84. The first-order valence-electron chi connectivity index (χ1n) is 9.19. The van der Waals surface area contributed by atoms with Crippen LogP contribution in [-0.2, 0) is 6.42 Å². The quantitative estimate of drug-likeness (QED) is 0.664. The van der Waals surface area contributed by atoms with Crippen LogP contribution >= 0.6 is 0 Å². The number of carbonyl (C=O) groups is 2. The summed E-state index contributed by atoms with van der Waals surface area (Å²) in [5, 5.41) is 19.3. The zero-order chi connectivity index (χ0) is 21.8. The highest BCUT2D eigenvalue weighted by Crippen LogP contribution is 2.24. The summed E-state index contributed by atoms with van der Waals surface area (Å²) >= 11 is 0. The fourth-order valence-corrected chi connectivity index (χ4v) is 2.89. The molecule has 2 aromatic carbocycles. The van der Waals surface area contributed by atoms with Crippen LogP contribution in [0.15, 0.2) is 42.5 Å². The molecule has 0 saturated heterocycles. The van der Waals surface area contributed by atoms with E-state index in [1.165, 1.54) is 29.3 Å². The van der Waals surface area contributed by atoms with Crippen molar-refractivity contribution < 1.29 is 24.7 Å². The number of anilines is 1. The van der Waals surface area contributed by atoms with Crippen molar-refractivity contribution in [1.82, 2.24) is 10.4 Å². The summed E-state index contributed by atoms with van der Waals surface area (Å²) in [6.45, 7) is 7.33. The summed E-state index contributed by atoms with van der Waals surface area (Å²) in [5.41, 5.74) is 3.58. The van der Waals surface area contributed by atoms with Crippen LogP contribution in [0.4, 0.5) is 5.69 Å². The summed E-state index contributed by atoms with van der Waals surface area (Å²) in [4.78, 5) is 26.1. The Morgan fingerprint density at radius 1 is 1.07 bits per heavy atom. The summed E-state index contributed by atoms with van der Waals surface area (Å²) in [7, 11) is 1.55. The van der Waals surface area contributed by atoms with Gasteiger partial charge in [0.1, 0.15) is 5.75 Å². The molecule has 0 heterocycles. The number of methoxy groups -OCH3 is 1. The number of nitrogens with zero attached hydrogens (tertiary/aromatic N) is 2. The van der Waals surface area contributed by atoms with Crippen LogP contribution in [0.5, 0.6) is 5.75 Å². The van der Waals surface area contributed by atoms with Gasteiger partial charge in [-0.15, -0.1) is 5.23 Å². The molecular formula is C21H27N3O5. The first-order valence-corrected chi connectivity index (χ1v) is 9.19. The Bertz CT molecular complexity index is 873. The maximum absolute atomic E-state index is 13.1. The molecule has 29 heavy (non-hydrogen) atoms. The summed E-state index contributed by atoms with van der Waals surface area (Å²) in [5.74, 6) is -0.236.